The predicted molar refractivity (Wildman–Crippen MR) is 169 cm³/mol. The Morgan fingerprint density at radius 2 is 1.68 bits per heavy atom. The topological polar surface area (TPSA) is 121 Å². The highest BCUT2D eigenvalue weighted by Gasteiger charge is 2.39. The van der Waals surface area contributed by atoms with E-state index >= 15 is 0 Å². The fraction of sp³-hybridized carbons (Fsp3) is 0.679. The first-order valence-corrected chi connectivity index (χ1v) is 18.1. The molecule has 2 heterocycles. The summed E-state index contributed by atoms with van der Waals surface area (Å²) < 4.78 is 46.3. The Bertz CT molecular complexity index is 1070. The highest BCUT2D eigenvalue weighted by atomic mass is 127. The number of carbonyl (C=O) groups excluding carboxylic acids is 2. The molecule has 0 saturated heterocycles. The molecule has 1 aromatic heterocycles. The van der Waals surface area contributed by atoms with Crippen molar-refractivity contribution in [3.05, 3.63) is 36.2 Å². The Kier molecular flexibility index (Phi) is 14.1. The third-order valence-electron chi connectivity index (χ3n) is 6.21. The fourth-order valence-electron chi connectivity index (χ4n) is 3.65. The summed E-state index contributed by atoms with van der Waals surface area (Å²) in [6.45, 7) is 12.6. The fourth-order valence-corrected chi connectivity index (χ4v) is 9.04. The van der Waals surface area contributed by atoms with E-state index in [1.807, 2.05) is 31.1 Å². The maximum absolute atomic E-state index is 13.7. The zero-order valence-electron chi connectivity index (χ0n) is 25.3. The van der Waals surface area contributed by atoms with Gasteiger partial charge in [0.2, 0.25) is 13.6 Å². The summed E-state index contributed by atoms with van der Waals surface area (Å²) in [5.74, 6) is -0.691. The first kappa shape index (κ1) is 36.0. The first-order chi connectivity index (χ1) is 19.1. The van der Waals surface area contributed by atoms with Crippen LogP contribution in [0.5, 0.6) is 0 Å². The summed E-state index contributed by atoms with van der Waals surface area (Å²) in [5.41, 5.74) is -0.446. The molecule has 2 rings (SSSR count). The molecule has 0 aromatic carbocycles. The minimum atomic E-state index is -4.04. The summed E-state index contributed by atoms with van der Waals surface area (Å²) in [7, 11) is -2.01. The van der Waals surface area contributed by atoms with E-state index in [1.54, 1.807) is 47.7 Å². The number of aromatic nitrogens is 1. The molecule has 0 fully saturated rings. The van der Waals surface area contributed by atoms with Gasteiger partial charge in [-0.2, -0.15) is 0 Å². The third kappa shape index (κ3) is 11.8. The lowest BCUT2D eigenvalue weighted by atomic mass is 9.98. The monoisotopic (exact) mass is 726 g/mol. The highest BCUT2D eigenvalue weighted by molar-refractivity contribution is 14.1. The van der Waals surface area contributed by atoms with Gasteiger partial charge in [-0.1, -0.05) is 19.1 Å². The molecule has 0 bridgehead atoms. The van der Waals surface area contributed by atoms with Gasteiger partial charge in [-0.3, -0.25) is 31.3 Å². The lowest BCUT2D eigenvalue weighted by molar-refractivity contribution is -0.162. The molecule has 1 aromatic rings. The van der Waals surface area contributed by atoms with E-state index in [0.717, 1.165) is 12.1 Å². The van der Waals surface area contributed by atoms with Gasteiger partial charge in [0.15, 0.2) is 21.2 Å². The van der Waals surface area contributed by atoms with Crippen molar-refractivity contribution in [2.75, 3.05) is 33.7 Å². The van der Waals surface area contributed by atoms with Crippen LogP contribution in [0.3, 0.4) is 0 Å². The number of thioether (sulfide) groups is 1. The van der Waals surface area contributed by atoms with Crippen LogP contribution in [0.4, 0.5) is 0 Å². The second-order valence-electron chi connectivity index (χ2n) is 12.1. The van der Waals surface area contributed by atoms with Crippen molar-refractivity contribution < 1.29 is 35.7 Å². The number of esters is 2. The lowest BCUT2D eigenvalue weighted by Gasteiger charge is -2.26. The average molecular weight is 727 g/mol. The molecule has 0 radical (unpaired) electrons. The summed E-state index contributed by atoms with van der Waals surface area (Å²) in [5, 5.41) is 0.380. The normalized spacial score (nSPS) is 18.7. The molecular formula is C28H44IN2O8PS. The molecule has 10 nitrogen and oxygen atoms in total. The third-order valence-corrected chi connectivity index (χ3v) is 13.4. The van der Waals surface area contributed by atoms with E-state index in [2.05, 4.69) is 29.0 Å². The Morgan fingerprint density at radius 3 is 2.17 bits per heavy atom. The number of hydrogen-bond donors (Lipinski definition) is 0. The van der Waals surface area contributed by atoms with Gasteiger partial charge in [0.25, 0.3) is 0 Å². The number of carbonyl (C=O) groups is 2. The molecule has 3 atom stereocenters. The van der Waals surface area contributed by atoms with Crippen molar-refractivity contribution in [1.82, 2.24) is 9.88 Å². The summed E-state index contributed by atoms with van der Waals surface area (Å²) in [4.78, 5) is 31.9. The maximum Gasteiger partial charge on any atom is 0.351 e. The smallest absolute Gasteiger partial charge is 0.351 e. The minimum absolute atomic E-state index is 0.311. The number of rotatable bonds is 15. The molecule has 0 saturated carbocycles. The zero-order valence-corrected chi connectivity index (χ0v) is 29.1. The van der Waals surface area contributed by atoms with Crippen LogP contribution in [0.25, 0.3) is 4.91 Å². The first-order valence-electron chi connectivity index (χ1n) is 13.5. The number of hydrogen-bond acceptors (Lipinski definition) is 11. The van der Waals surface area contributed by atoms with Gasteiger partial charge >= 0.3 is 19.5 Å². The van der Waals surface area contributed by atoms with Crippen LogP contribution in [-0.2, 0) is 35.7 Å². The Hall–Kier alpha value is -1.18. The highest BCUT2D eigenvalue weighted by Crippen LogP contribution is 2.58. The molecule has 13 heteroatoms. The molecule has 0 amide bonds. The van der Waals surface area contributed by atoms with Gasteiger partial charge in [-0.05, 0) is 80.0 Å². The Morgan fingerprint density at radius 1 is 1.10 bits per heavy atom. The average Bonchev–Trinajstić information content (AvgIpc) is 3.25. The quantitative estimate of drug-likeness (QED) is 0.0621. The van der Waals surface area contributed by atoms with Crippen LogP contribution in [0.2, 0.25) is 0 Å². The van der Waals surface area contributed by atoms with Crippen LogP contribution in [0.1, 0.15) is 66.9 Å². The summed E-state index contributed by atoms with van der Waals surface area (Å²) >= 11 is 0.0139. The molecular weight excluding hydrogens is 682 g/mol. The van der Waals surface area contributed by atoms with Gasteiger partial charge < -0.3 is 14.4 Å². The molecule has 3 unspecified atom stereocenters. The zero-order chi connectivity index (χ0) is 30.8. The van der Waals surface area contributed by atoms with E-state index in [9.17, 15) is 17.2 Å². The standard InChI is InChI=1S/C28H44IN2O8PS/c1-20-15-22(21-11-9-13-30-16-21)41-23(20)17-31(8)14-10-12-24(29-34)40(35,38-18-36-25(32)27(2,3)4)39-19-37-26(33)28(5,6)7/h9,11,13,15-16,20,23-24H,10,12,14,17-19H2,1-8H3. The predicted octanol–water partition coefficient (Wildman–Crippen LogP) is 6.85. The van der Waals surface area contributed by atoms with Gasteiger partial charge in [0, 0.05) is 34.7 Å². The lowest BCUT2D eigenvalue weighted by Crippen LogP contribution is -2.30. The van der Waals surface area contributed by atoms with Crippen LogP contribution in [-0.4, -0.2) is 64.5 Å². The van der Waals surface area contributed by atoms with Gasteiger partial charge in [0.05, 0.1) is 10.8 Å². The SMILES string of the molecule is CC1C=C(c2cccnc2)SC1CN(C)CCCC(I=O)P(=O)(OCOC(=O)C(C)(C)C)OCOC(=O)C(C)(C)C. The van der Waals surface area contributed by atoms with E-state index < -0.39 is 68.8 Å². The van der Waals surface area contributed by atoms with Crippen molar-refractivity contribution in [3.8, 4) is 0 Å². The number of ether oxygens (including phenoxy) is 2. The molecule has 0 N–H and O–H groups in total. The molecule has 1 aliphatic rings. The van der Waals surface area contributed by atoms with Crippen molar-refractivity contribution in [3.63, 3.8) is 0 Å². The van der Waals surface area contributed by atoms with Crippen LogP contribution in [0, 0.1) is 16.7 Å². The van der Waals surface area contributed by atoms with Crippen molar-refractivity contribution >= 4 is 57.4 Å². The van der Waals surface area contributed by atoms with Crippen molar-refractivity contribution in [1.29, 1.82) is 0 Å². The summed E-state index contributed by atoms with van der Waals surface area (Å²) in [6, 6.07) is 4.00. The molecule has 0 spiro atoms. The number of allylic oxidation sites excluding steroid dienone is 1. The van der Waals surface area contributed by atoms with E-state index in [-0.39, 0.29) is 0 Å². The van der Waals surface area contributed by atoms with Crippen LogP contribution >= 0.6 is 40.5 Å². The number of alkyl halides is 1. The molecule has 0 aliphatic carbocycles. The Labute approximate surface area is 258 Å². The number of pyridine rings is 1. The minimum Gasteiger partial charge on any atom is -0.438 e. The second kappa shape index (κ2) is 16.0. The van der Waals surface area contributed by atoms with Gasteiger partial charge in [-0.15, -0.1) is 11.8 Å². The summed E-state index contributed by atoms with van der Waals surface area (Å²) in [6.07, 6.45) is 6.83. The van der Waals surface area contributed by atoms with Gasteiger partial charge in [-0.25, -0.2) is 0 Å². The van der Waals surface area contributed by atoms with E-state index in [1.165, 1.54) is 4.91 Å². The number of nitrogens with zero attached hydrogens (tertiary/aromatic N) is 2. The number of halogens is 1. The van der Waals surface area contributed by atoms with E-state index in [0.29, 0.717) is 30.6 Å². The van der Waals surface area contributed by atoms with Crippen molar-refractivity contribution in [2.24, 2.45) is 16.7 Å². The van der Waals surface area contributed by atoms with Crippen LogP contribution < -0.4 is 0 Å². The molecule has 41 heavy (non-hydrogen) atoms. The largest absolute Gasteiger partial charge is 0.438 e. The molecule has 1 aliphatic heterocycles. The van der Waals surface area contributed by atoms with E-state index in [4.69, 9.17) is 18.5 Å². The second-order valence-corrected chi connectivity index (χ2v) is 18.6. The Balaban J connectivity index is 1.95. The van der Waals surface area contributed by atoms with Gasteiger partial charge in [0.1, 0.15) is 3.67 Å². The van der Waals surface area contributed by atoms with Crippen LogP contribution in [0.15, 0.2) is 30.6 Å². The van der Waals surface area contributed by atoms with Crippen molar-refractivity contribution in [2.45, 2.75) is 70.2 Å². The maximum atomic E-state index is 13.7. The molecule has 232 valence electrons.